The molecule has 0 amide bonds. The molecule has 1 aliphatic carbocycles. The molecular formula is C10H16ClN3. The van der Waals surface area contributed by atoms with Crippen LogP contribution in [-0.4, -0.2) is 14.8 Å². The van der Waals surface area contributed by atoms with Crippen molar-refractivity contribution in [1.29, 1.82) is 0 Å². The number of halogens is 1. The summed E-state index contributed by atoms with van der Waals surface area (Å²) in [5, 5.41) is 7.83. The van der Waals surface area contributed by atoms with Crippen molar-refractivity contribution in [3.63, 3.8) is 0 Å². The molecule has 0 bridgehead atoms. The maximum absolute atomic E-state index is 5.75. The van der Waals surface area contributed by atoms with E-state index in [4.69, 9.17) is 11.6 Å². The molecule has 78 valence electrons. The van der Waals surface area contributed by atoms with Gasteiger partial charge in [0.15, 0.2) is 0 Å². The Balaban J connectivity index is 1.84. The van der Waals surface area contributed by atoms with Gasteiger partial charge in [-0.05, 0) is 12.3 Å². The molecule has 0 saturated heterocycles. The van der Waals surface area contributed by atoms with Gasteiger partial charge in [0.05, 0.1) is 5.88 Å². The number of hydrogen-bond donors (Lipinski definition) is 0. The normalized spacial score (nSPS) is 17.8. The van der Waals surface area contributed by atoms with Gasteiger partial charge in [0, 0.05) is 6.54 Å². The number of hydrogen-bond acceptors (Lipinski definition) is 2. The van der Waals surface area contributed by atoms with Crippen LogP contribution in [0.3, 0.4) is 0 Å². The molecule has 0 atom stereocenters. The van der Waals surface area contributed by atoms with Crippen LogP contribution in [0.1, 0.15) is 37.9 Å². The zero-order chi connectivity index (χ0) is 9.80. The molecular weight excluding hydrogens is 198 g/mol. The highest BCUT2D eigenvalue weighted by atomic mass is 35.5. The maximum atomic E-state index is 5.75. The smallest absolute Gasteiger partial charge is 0.147 e. The molecule has 1 aromatic heterocycles. The van der Waals surface area contributed by atoms with E-state index in [0.29, 0.717) is 5.88 Å². The molecule has 4 heteroatoms. The molecule has 0 aliphatic heterocycles. The van der Waals surface area contributed by atoms with Crippen molar-refractivity contribution in [1.82, 2.24) is 14.8 Å². The molecule has 0 radical (unpaired) electrons. The molecule has 1 saturated carbocycles. The fourth-order valence-corrected chi connectivity index (χ4v) is 2.40. The van der Waals surface area contributed by atoms with Gasteiger partial charge in [-0.3, -0.25) is 0 Å². The Morgan fingerprint density at radius 3 is 2.93 bits per heavy atom. The molecule has 1 fully saturated rings. The van der Waals surface area contributed by atoms with E-state index in [0.717, 1.165) is 18.3 Å². The average molecular weight is 214 g/mol. The number of alkyl halides is 1. The molecule has 2 rings (SSSR count). The molecule has 1 heterocycles. The molecule has 0 N–H and O–H groups in total. The minimum atomic E-state index is 0.463. The zero-order valence-electron chi connectivity index (χ0n) is 8.32. The Bertz CT molecular complexity index is 279. The first-order valence-corrected chi connectivity index (χ1v) is 5.86. The van der Waals surface area contributed by atoms with Crippen LogP contribution in [0.5, 0.6) is 0 Å². The van der Waals surface area contributed by atoms with Gasteiger partial charge in [-0.25, -0.2) is 0 Å². The Morgan fingerprint density at radius 2 is 2.21 bits per heavy atom. The second-order valence-corrected chi connectivity index (χ2v) is 4.28. The molecule has 0 spiro atoms. The van der Waals surface area contributed by atoms with Crippen LogP contribution in [-0.2, 0) is 12.4 Å². The molecule has 1 aliphatic rings. The summed E-state index contributed by atoms with van der Waals surface area (Å²) in [5.41, 5.74) is 0. The Labute approximate surface area is 89.5 Å². The second-order valence-electron chi connectivity index (χ2n) is 4.01. The van der Waals surface area contributed by atoms with Crippen molar-refractivity contribution in [3.05, 3.63) is 12.2 Å². The van der Waals surface area contributed by atoms with Gasteiger partial charge in [0.1, 0.15) is 12.2 Å². The highest BCUT2D eigenvalue weighted by molar-refractivity contribution is 6.16. The Kier molecular flexibility index (Phi) is 3.40. The molecule has 14 heavy (non-hydrogen) atoms. The van der Waals surface area contributed by atoms with Crippen molar-refractivity contribution in [2.24, 2.45) is 5.92 Å². The van der Waals surface area contributed by atoms with Crippen molar-refractivity contribution in [2.45, 2.75) is 44.5 Å². The average Bonchev–Trinajstić information content (AvgIpc) is 2.85. The van der Waals surface area contributed by atoms with Crippen LogP contribution in [0, 0.1) is 5.92 Å². The van der Waals surface area contributed by atoms with E-state index in [1.165, 1.54) is 32.1 Å². The topological polar surface area (TPSA) is 30.7 Å². The fraction of sp³-hybridized carbons (Fsp3) is 0.800. The lowest BCUT2D eigenvalue weighted by Crippen LogP contribution is -2.05. The summed E-state index contributed by atoms with van der Waals surface area (Å²) in [5.74, 6) is 2.27. The van der Waals surface area contributed by atoms with E-state index in [1.54, 1.807) is 6.33 Å². The molecule has 0 unspecified atom stereocenters. The van der Waals surface area contributed by atoms with Crippen molar-refractivity contribution in [2.75, 3.05) is 0 Å². The first-order valence-electron chi connectivity index (χ1n) is 5.33. The number of nitrogens with zero attached hydrogens (tertiary/aromatic N) is 3. The van der Waals surface area contributed by atoms with Crippen LogP contribution in [0.15, 0.2) is 6.33 Å². The Hall–Kier alpha value is -0.570. The van der Waals surface area contributed by atoms with Gasteiger partial charge in [0.25, 0.3) is 0 Å². The van der Waals surface area contributed by atoms with Crippen LogP contribution >= 0.6 is 11.6 Å². The van der Waals surface area contributed by atoms with Gasteiger partial charge >= 0.3 is 0 Å². The van der Waals surface area contributed by atoms with Gasteiger partial charge in [-0.1, -0.05) is 25.7 Å². The highest BCUT2D eigenvalue weighted by Gasteiger charge is 2.15. The zero-order valence-corrected chi connectivity index (χ0v) is 9.08. The minimum Gasteiger partial charge on any atom is -0.317 e. The predicted molar refractivity (Wildman–Crippen MR) is 56.2 cm³/mol. The quantitative estimate of drug-likeness (QED) is 0.720. The van der Waals surface area contributed by atoms with Crippen molar-refractivity contribution >= 4 is 11.6 Å². The summed E-state index contributed by atoms with van der Waals surface area (Å²) in [6, 6.07) is 0. The first kappa shape index (κ1) is 9.97. The summed E-state index contributed by atoms with van der Waals surface area (Å²) in [4.78, 5) is 0. The number of aryl methyl sites for hydroxylation is 1. The molecule has 1 aromatic rings. The number of aromatic nitrogens is 3. The lowest BCUT2D eigenvalue weighted by Gasteiger charge is -2.09. The lowest BCUT2D eigenvalue weighted by atomic mass is 10.0. The summed E-state index contributed by atoms with van der Waals surface area (Å²) in [6.45, 7) is 1.03. The van der Waals surface area contributed by atoms with Crippen molar-refractivity contribution in [3.8, 4) is 0 Å². The summed E-state index contributed by atoms with van der Waals surface area (Å²) < 4.78 is 2.07. The predicted octanol–water partition coefficient (Wildman–Crippen LogP) is 2.60. The third-order valence-corrected chi connectivity index (χ3v) is 3.31. The Morgan fingerprint density at radius 1 is 1.43 bits per heavy atom. The van der Waals surface area contributed by atoms with E-state index in [1.807, 2.05) is 0 Å². The monoisotopic (exact) mass is 213 g/mol. The third-order valence-electron chi connectivity index (χ3n) is 3.07. The van der Waals surface area contributed by atoms with E-state index in [-0.39, 0.29) is 0 Å². The fourth-order valence-electron chi connectivity index (χ4n) is 2.19. The SMILES string of the molecule is ClCc1nncn1CCC1CCCC1. The van der Waals surface area contributed by atoms with E-state index in [9.17, 15) is 0 Å². The minimum absolute atomic E-state index is 0.463. The third kappa shape index (κ3) is 2.27. The summed E-state index contributed by atoms with van der Waals surface area (Å²) >= 11 is 5.75. The maximum Gasteiger partial charge on any atom is 0.147 e. The van der Waals surface area contributed by atoms with Crippen LogP contribution < -0.4 is 0 Å². The molecule has 3 nitrogen and oxygen atoms in total. The largest absolute Gasteiger partial charge is 0.317 e. The van der Waals surface area contributed by atoms with Crippen LogP contribution in [0.4, 0.5) is 0 Å². The van der Waals surface area contributed by atoms with Crippen molar-refractivity contribution < 1.29 is 0 Å². The highest BCUT2D eigenvalue weighted by Crippen LogP contribution is 2.27. The number of rotatable bonds is 4. The first-order chi connectivity index (χ1) is 6.90. The lowest BCUT2D eigenvalue weighted by molar-refractivity contribution is 0.453. The van der Waals surface area contributed by atoms with Gasteiger partial charge in [-0.15, -0.1) is 21.8 Å². The summed E-state index contributed by atoms with van der Waals surface area (Å²) in [6.07, 6.45) is 8.66. The van der Waals surface area contributed by atoms with Gasteiger partial charge in [0.2, 0.25) is 0 Å². The molecule has 0 aromatic carbocycles. The van der Waals surface area contributed by atoms with Gasteiger partial charge in [-0.2, -0.15) is 0 Å². The van der Waals surface area contributed by atoms with Gasteiger partial charge < -0.3 is 4.57 Å². The standard InChI is InChI=1S/C10H16ClN3/c11-7-10-13-12-8-14(10)6-5-9-3-1-2-4-9/h8-9H,1-7H2. The summed E-state index contributed by atoms with van der Waals surface area (Å²) in [7, 11) is 0. The van der Waals surface area contributed by atoms with E-state index < -0.39 is 0 Å². The van der Waals surface area contributed by atoms with E-state index in [2.05, 4.69) is 14.8 Å². The van der Waals surface area contributed by atoms with Crippen LogP contribution in [0.25, 0.3) is 0 Å². The van der Waals surface area contributed by atoms with E-state index >= 15 is 0 Å². The second kappa shape index (κ2) is 4.78. The van der Waals surface area contributed by atoms with Crippen LogP contribution in [0.2, 0.25) is 0 Å².